The van der Waals surface area contributed by atoms with Crippen LogP contribution in [-0.2, 0) is 0 Å². The predicted octanol–water partition coefficient (Wildman–Crippen LogP) is 2.17. The molecule has 0 unspecified atom stereocenters. The summed E-state index contributed by atoms with van der Waals surface area (Å²) in [4.78, 5) is 0. The van der Waals surface area contributed by atoms with Crippen LogP contribution in [0.1, 0.15) is 51.4 Å². The lowest BCUT2D eigenvalue weighted by Gasteiger charge is -2.30. The molecule has 0 aromatic heterocycles. The van der Waals surface area contributed by atoms with Gasteiger partial charge in [-0.25, -0.2) is 0 Å². The topological polar surface area (TPSA) is 40.5 Å². The number of rotatable bonds is 12. The van der Waals surface area contributed by atoms with Crippen molar-refractivity contribution in [3.8, 4) is 0 Å². The predicted molar refractivity (Wildman–Crippen MR) is 73.0 cm³/mol. The van der Waals surface area contributed by atoms with Crippen molar-refractivity contribution in [1.29, 1.82) is 0 Å². The molecule has 2 N–H and O–H groups in total. The number of quaternary nitrogens is 1. The lowest BCUT2D eigenvalue weighted by atomic mass is 10.1. The second kappa shape index (κ2) is 11.0. The molecular weight excluding hydrogens is 214 g/mol. The molecule has 0 atom stereocenters. The summed E-state index contributed by atoms with van der Waals surface area (Å²) in [6, 6.07) is 0. The van der Waals surface area contributed by atoms with Gasteiger partial charge in [0.2, 0.25) is 0 Å². The Morgan fingerprint density at radius 3 is 1.29 bits per heavy atom. The minimum absolute atomic E-state index is 0.336. The van der Waals surface area contributed by atoms with Crippen LogP contribution in [-0.4, -0.2) is 55.1 Å². The fraction of sp³-hybridized carbons (Fsp3) is 1.00. The third kappa shape index (κ3) is 12.1. The first-order valence-corrected chi connectivity index (χ1v) is 7.16. The first-order chi connectivity index (χ1) is 8.12. The maximum atomic E-state index is 8.69. The van der Waals surface area contributed by atoms with Gasteiger partial charge in [-0.15, -0.1) is 0 Å². The van der Waals surface area contributed by atoms with Crippen LogP contribution in [0.5, 0.6) is 0 Å². The highest BCUT2D eigenvalue weighted by molar-refractivity contribution is 4.45. The standard InChI is InChI=1S/C14H32NO2/c1-15(2,11-7-3-5-9-13-16)12-8-4-6-10-14-17/h16-17H,3-14H2,1-2H3/q+1. The molecule has 0 spiro atoms. The van der Waals surface area contributed by atoms with Gasteiger partial charge in [-0.3, -0.25) is 0 Å². The molecule has 3 nitrogen and oxygen atoms in total. The van der Waals surface area contributed by atoms with E-state index in [-0.39, 0.29) is 0 Å². The molecule has 0 aromatic carbocycles. The monoisotopic (exact) mass is 246 g/mol. The largest absolute Gasteiger partial charge is 0.396 e. The highest BCUT2D eigenvalue weighted by Crippen LogP contribution is 2.08. The van der Waals surface area contributed by atoms with Crippen LogP contribution >= 0.6 is 0 Å². The second-order valence-corrected chi connectivity index (χ2v) is 5.66. The summed E-state index contributed by atoms with van der Waals surface area (Å²) in [5.41, 5.74) is 0. The van der Waals surface area contributed by atoms with E-state index in [1.807, 2.05) is 0 Å². The molecule has 0 saturated carbocycles. The smallest absolute Gasteiger partial charge is 0.0782 e. The van der Waals surface area contributed by atoms with E-state index in [2.05, 4.69) is 14.1 Å². The summed E-state index contributed by atoms with van der Waals surface area (Å²) in [6.07, 6.45) is 9.25. The van der Waals surface area contributed by atoms with Crippen LogP contribution in [0.3, 0.4) is 0 Å². The molecule has 0 radical (unpaired) electrons. The fourth-order valence-corrected chi connectivity index (χ4v) is 2.12. The molecule has 0 rings (SSSR count). The summed E-state index contributed by atoms with van der Waals surface area (Å²) in [6.45, 7) is 3.16. The zero-order chi connectivity index (χ0) is 13.0. The Morgan fingerprint density at radius 2 is 0.941 bits per heavy atom. The van der Waals surface area contributed by atoms with Crippen molar-refractivity contribution in [2.45, 2.75) is 51.4 Å². The zero-order valence-corrected chi connectivity index (χ0v) is 11.8. The Kier molecular flexibility index (Phi) is 10.9. The van der Waals surface area contributed by atoms with Gasteiger partial charge in [0.15, 0.2) is 0 Å². The Labute approximate surface area is 107 Å². The van der Waals surface area contributed by atoms with E-state index in [1.165, 1.54) is 38.8 Å². The van der Waals surface area contributed by atoms with Gasteiger partial charge in [-0.2, -0.15) is 0 Å². The number of unbranched alkanes of at least 4 members (excludes halogenated alkanes) is 6. The molecule has 0 saturated heterocycles. The minimum atomic E-state index is 0.336. The molecule has 17 heavy (non-hydrogen) atoms. The van der Waals surface area contributed by atoms with Gasteiger partial charge in [0.1, 0.15) is 0 Å². The van der Waals surface area contributed by atoms with E-state index in [0.717, 1.165) is 30.2 Å². The van der Waals surface area contributed by atoms with Gasteiger partial charge in [-0.1, -0.05) is 12.8 Å². The van der Waals surface area contributed by atoms with Crippen molar-refractivity contribution in [3.63, 3.8) is 0 Å². The maximum absolute atomic E-state index is 8.69. The Hall–Kier alpha value is -0.120. The van der Waals surface area contributed by atoms with Gasteiger partial charge in [0.05, 0.1) is 27.2 Å². The average molecular weight is 246 g/mol. The van der Waals surface area contributed by atoms with E-state index in [1.54, 1.807) is 0 Å². The third-order valence-electron chi connectivity index (χ3n) is 3.34. The fourth-order valence-electron chi connectivity index (χ4n) is 2.12. The van der Waals surface area contributed by atoms with Crippen molar-refractivity contribution in [2.24, 2.45) is 0 Å². The van der Waals surface area contributed by atoms with E-state index in [0.29, 0.717) is 13.2 Å². The van der Waals surface area contributed by atoms with E-state index in [9.17, 15) is 0 Å². The maximum Gasteiger partial charge on any atom is 0.0782 e. The minimum Gasteiger partial charge on any atom is -0.396 e. The van der Waals surface area contributed by atoms with Gasteiger partial charge in [0, 0.05) is 13.2 Å². The van der Waals surface area contributed by atoms with Gasteiger partial charge in [-0.05, 0) is 38.5 Å². The molecule has 0 bridgehead atoms. The Balaban J connectivity index is 3.38. The molecule has 0 aliphatic heterocycles. The molecule has 104 valence electrons. The van der Waals surface area contributed by atoms with Crippen molar-refractivity contribution in [1.82, 2.24) is 0 Å². The van der Waals surface area contributed by atoms with Gasteiger partial charge >= 0.3 is 0 Å². The molecular formula is C14H32NO2+. The summed E-state index contributed by atoms with van der Waals surface area (Å²) in [5.74, 6) is 0. The normalized spacial score (nSPS) is 12.0. The average Bonchev–Trinajstić information content (AvgIpc) is 2.28. The molecule has 0 amide bonds. The van der Waals surface area contributed by atoms with Crippen molar-refractivity contribution < 1.29 is 14.7 Å². The zero-order valence-electron chi connectivity index (χ0n) is 11.8. The van der Waals surface area contributed by atoms with Crippen molar-refractivity contribution in [3.05, 3.63) is 0 Å². The summed E-state index contributed by atoms with van der Waals surface area (Å²) in [7, 11) is 4.61. The number of hydrogen-bond donors (Lipinski definition) is 2. The second-order valence-electron chi connectivity index (χ2n) is 5.66. The van der Waals surface area contributed by atoms with Crippen LogP contribution < -0.4 is 0 Å². The van der Waals surface area contributed by atoms with Gasteiger partial charge in [0.25, 0.3) is 0 Å². The molecule has 0 fully saturated rings. The van der Waals surface area contributed by atoms with Gasteiger partial charge < -0.3 is 14.7 Å². The molecule has 0 heterocycles. The summed E-state index contributed by atoms with van der Waals surface area (Å²) in [5, 5.41) is 17.4. The van der Waals surface area contributed by atoms with Crippen molar-refractivity contribution in [2.75, 3.05) is 40.4 Å². The lowest BCUT2D eigenvalue weighted by Crippen LogP contribution is -2.41. The molecule has 3 heteroatoms. The Morgan fingerprint density at radius 1 is 0.588 bits per heavy atom. The van der Waals surface area contributed by atoms with Crippen LogP contribution in [0.2, 0.25) is 0 Å². The van der Waals surface area contributed by atoms with Crippen LogP contribution in [0, 0.1) is 0 Å². The molecule has 0 aromatic rings. The van der Waals surface area contributed by atoms with E-state index >= 15 is 0 Å². The van der Waals surface area contributed by atoms with Crippen molar-refractivity contribution >= 4 is 0 Å². The highest BCUT2D eigenvalue weighted by Gasteiger charge is 2.13. The number of nitrogens with zero attached hydrogens (tertiary/aromatic N) is 1. The number of aliphatic hydroxyl groups excluding tert-OH is 2. The number of aliphatic hydroxyl groups is 2. The first kappa shape index (κ1) is 16.9. The first-order valence-electron chi connectivity index (χ1n) is 7.16. The van der Waals surface area contributed by atoms with Crippen LogP contribution in [0.25, 0.3) is 0 Å². The summed E-state index contributed by atoms with van der Waals surface area (Å²) < 4.78 is 1.11. The molecule has 0 aliphatic carbocycles. The lowest BCUT2D eigenvalue weighted by molar-refractivity contribution is -0.890. The van der Waals surface area contributed by atoms with Crippen LogP contribution in [0.4, 0.5) is 0 Å². The van der Waals surface area contributed by atoms with E-state index in [4.69, 9.17) is 10.2 Å². The highest BCUT2D eigenvalue weighted by atomic mass is 16.3. The quantitative estimate of drug-likeness (QED) is 0.409. The van der Waals surface area contributed by atoms with E-state index < -0.39 is 0 Å². The summed E-state index contributed by atoms with van der Waals surface area (Å²) >= 11 is 0. The molecule has 0 aliphatic rings. The third-order valence-corrected chi connectivity index (χ3v) is 3.34. The Bertz CT molecular complexity index is 144. The van der Waals surface area contributed by atoms with Crippen LogP contribution in [0.15, 0.2) is 0 Å². The SMILES string of the molecule is C[N+](C)(CCCCCCO)CCCCCCO. The number of hydrogen-bond acceptors (Lipinski definition) is 2.